The first-order valence-electron chi connectivity index (χ1n) is 9.16. The average molecular weight is 430 g/mol. The molecule has 31 heavy (non-hydrogen) atoms. The molecule has 0 saturated heterocycles. The normalized spacial score (nSPS) is 12.7. The molecule has 10 heteroatoms. The van der Waals surface area contributed by atoms with E-state index in [1.54, 1.807) is 0 Å². The number of ketones is 2. The molecule has 2 aromatic carbocycles. The van der Waals surface area contributed by atoms with Crippen LogP contribution in [-0.2, 0) is 22.4 Å². The van der Waals surface area contributed by atoms with Gasteiger partial charge in [-0.2, -0.15) is 0 Å². The summed E-state index contributed by atoms with van der Waals surface area (Å²) in [5.41, 5.74) is 11.4. The zero-order chi connectivity index (χ0) is 23.3. The second kappa shape index (κ2) is 9.83. The summed E-state index contributed by atoms with van der Waals surface area (Å²) in [5.74, 6) is -4.47. The second-order valence-corrected chi connectivity index (χ2v) is 7.00. The van der Waals surface area contributed by atoms with Gasteiger partial charge in [-0.3, -0.25) is 19.2 Å². The van der Waals surface area contributed by atoms with Gasteiger partial charge in [0.2, 0.25) is 0 Å². The van der Waals surface area contributed by atoms with E-state index in [0.717, 1.165) is 12.1 Å². The molecule has 0 aliphatic rings. The Morgan fingerprint density at radius 2 is 1.06 bits per heavy atom. The summed E-state index contributed by atoms with van der Waals surface area (Å²) < 4.78 is 0. The lowest BCUT2D eigenvalue weighted by atomic mass is 9.91. The molecule has 0 spiro atoms. The molecule has 2 atom stereocenters. The fourth-order valence-electron chi connectivity index (χ4n) is 2.99. The fourth-order valence-corrected chi connectivity index (χ4v) is 2.99. The van der Waals surface area contributed by atoms with E-state index in [2.05, 4.69) is 0 Å². The monoisotopic (exact) mass is 430 g/mol. The van der Waals surface area contributed by atoms with E-state index >= 15 is 0 Å². The molecular weight excluding hydrogens is 408 g/mol. The van der Waals surface area contributed by atoms with Gasteiger partial charge < -0.3 is 31.9 Å². The van der Waals surface area contributed by atoms with Gasteiger partial charge >= 0.3 is 11.9 Å². The van der Waals surface area contributed by atoms with Crippen molar-refractivity contribution < 1.29 is 39.6 Å². The van der Waals surface area contributed by atoms with Crippen LogP contribution in [0.4, 0.5) is 0 Å². The third kappa shape index (κ3) is 6.11. The van der Waals surface area contributed by atoms with Crippen LogP contribution in [0.3, 0.4) is 0 Å². The Hall–Kier alpha value is -3.76. The topological polar surface area (TPSA) is 201 Å². The highest BCUT2D eigenvalue weighted by molar-refractivity contribution is 6.14. The number of aromatic hydroxyl groups is 2. The smallest absolute Gasteiger partial charge is 0.320 e. The first kappa shape index (κ1) is 23.5. The number of carbonyl (C=O) groups excluding carboxylic acids is 2. The van der Waals surface area contributed by atoms with Crippen LogP contribution in [0.15, 0.2) is 36.4 Å². The van der Waals surface area contributed by atoms with Crippen LogP contribution < -0.4 is 11.5 Å². The molecule has 0 saturated carbocycles. The number of aliphatic carboxylic acids is 2. The predicted molar refractivity (Wildman–Crippen MR) is 108 cm³/mol. The number of hydrogen-bond donors (Lipinski definition) is 6. The van der Waals surface area contributed by atoms with Crippen LogP contribution in [0.25, 0.3) is 0 Å². The maximum absolute atomic E-state index is 12.8. The van der Waals surface area contributed by atoms with Gasteiger partial charge in [-0.15, -0.1) is 0 Å². The first-order chi connectivity index (χ1) is 14.5. The van der Waals surface area contributed by atoms with Gasteiger partial charge in [0.1, 0.15) is 23.6 Å². The van der Waals surface area contributed by atoms with Crippen molar-refractivity contribution >= 4 is 23.5 Å². The van der Waals surface area contributed by atoms with Crippen molar-refractivity contribution in [2.24, 2.45) is 11.5 Å². The maximum Gasteiger partial charge on any atom is 0.320 e. The number of hydrogen-bond acceptors (Lipinski definition) is 8. The number of carboxylic acid groups (broad SMARTS) is 2. The van der Waals surface area contributed by atoms with Gasteiger partial charge in [-0.05, 0) is 48.2 Å². The van der Waals surface area contributed by atoms with E-state index in [1.165, 1.54) is 24.3 Å². The molecule has 0 radical (unpaired) electrons. The Morgan fingerprint density at radius 3 is 1.39 bits per heavy atom. The van der Waals surface area contributed by atoms with Crippen molar-refractivity contribution in [1.29, 1.82) is 0 Å². The number of carboxylic acids is 2. The number of Topliss-reactive ketones (excluding diaryl/α,β-unsaturated/α-hetero) is 2. The van der Waals surface area contributed by atoms with Crippen LogP contribution in [0, 0.1) is 0 Å². The van der Waals surface area contributed by atoms with Gasteiger partial charge in [0, 0.05) is 11.1 Å². The summed E-state index contributed by atoms with van der Waals surface area (Å²) in [4.78, 5) is 47.6. The zero-order valence-electron chi connectivity index (χ0n) is 16.3. The van der Waals surface area contributed by atoms with Crippen molar-refractivity contribution in [1.82, 2.24) is 0 Å². The number of phenolic OH excluding ortho intramolecular Hbond substituents is 2. The largest absolute Gasteiger partial charge is 0.508 e. The summed E-state index contributed by atoms with van der Waals surface area (Å²) in [5, 5.41) is 37.5. The summed E-state index contributed by atoms with van der Waals surface area (Å²) >= 11 is 0. The minimum absolute atomic E-state index is 0.0611. The highest BCUT2D eigenvalue weighted by atomic mass is 16.4. The summed E-state index contributed by atoms with van der Waals surface area (Å²) in [6.45, 7) is 0. The number of rotatable bonds is 10. The lowest BCUT2D eigenvalue weighted by Gasteiger charge is -2.14. The Balaban J connectivity index is 2.32. The summed E-state index contributed by atoms with van der Waals surface area (Å²) in [7, 11) is 0. The highest BCUT2D eigenvalue weighted by Crippen LogP contribution is 2.23. The van der Waals surface area contributed by atoms with Gasteiger partial charge in [0.25, 0.3) is 0 Å². The van der Waals surface area contributed by atoms with E-state index in [0.29, 0.717) is 0 Å². The molecule has 0 aromatic heterocycles. The molecule has 0 fully saturated rings. The molecule has 0 amide bonds. The predicted octanol–water partition coefficient (Wildman–Crippen LogP) is 0.462. The molecule has 8 N–H and O–H groups in total. The Morgan fingerprint density at radius 1 is 0.710 bits per heavy atom. The van der Waals surface area contributed by atoms with Crippen LogP contribution in [0.2, 0.25) is 0 Å². The van der Waals surface area contributed by atoms with Gasteiger partial charge in [0.05, 0.1) is 6.42 Å². The molecule has 0 bridgehead atoms. The maximum atomic E-state index is 12.8. The molecule has 0 aliphatic heterocycles. The summed E-state index contributed by atoms with van der Waals surface area (Å²) in [6, 6.07) is 4.88. The zero-order valence-corrected chi connectivity index (χ0v) is 16.3. The van der Waals surface area contributed by atoms with Crippen molar-refractivity contribution in [3.8, 4) is 11.5 Å². The number of phenols is 2. The third-order valence-corrected chi connectivity index (χ3v) is 4.62. The number of carbonyl (C=O) groups is 4. The fraction of sp³-hybridized carbons (Fsp3) is 0.238. The quantitative estimate of drug-likeness (QED) is 0.227. The van der Waals surface area contributed by atoms with Crippen LogP contribution >= 0.6 is 0 Å². The number of nitrogens with two attached hydrogens (primary N) is 2. The third-order valence-electron chi connectivity index (χ3n) is 4.62. The SMILES string of the molecule is NC(Cc1ccc(O)cc1C(=O)CC(=O)c1cc(O)ccc1CC(N)C(=O)O)C(=O)O. The Kier molecular flexibility index (Phi) is 7.46. The van der Waals surface area contributed by atoms with Crippen LogP contribution in [0.1, 0.15) is 38.3 Å². The molecule has 2 rings (SSSR count). The Labute approximate surface area is 176 Å². The molecule has 2 aromatic rings. The van der Waals surface area contributed by atoms with E-state index in [9.17, 15) is 29.4 Å². The minimum Gasteiger partial charge on any atom is -0.508 e. The number of benzene rings is 2. The standard InChI is InChI=1S/C21H22N2O8/c22-16(20(28)29)5-10-1-3-12(24)7-14(10)18(26)9-19(27)15-8-13(25)4-2-11(15)6-17(23)21(30)31/h1-4,7-8,16-17,24-25H,5-6,9,22-23H2,(H,28,29)(H,30,31). The van der Waals surface area contributed by atoms with Gasteiger partial charge in [-0.1, -0.05) is 12.1 Å². The average Bonchev–Trinajstić information content (AvgIpc) is 2.70. The van der Waals surface area contributed by atoms with Crippen molar-refractivity contribution in [2.45, 2.75) is 31.3 Å². The van der Waals surface area contributed by atoms with E-state index in [4.69, 9.17) is 21.7 Å². The molecule has 0 heterocycles. The minimum atomic E-state index is -1.29. The lowest BCUT2D eigenvalue weighted by Crippen LogP contribution is -2.33. The van der Waals surface area contributed by atoms with E-state index in [1.807, 2.05) is 0 Å². The first-order valence-corrected chi connectivity index (χ1v) is 9.16. The summed E-state index contributed by atoms with van der Waals surface area (Å²) in [6.07, 6.45) is -1.07. The second-order valence-electron chi connectivity index (χ2n) is 7.00. The van der Waals surface area contributed by atoms with Crippen molar-refractivity contribution in [2.75, 3.05) is 0 Å². The van der Waals surface area contributed by atoms with E-state index in [-0.39, 0.29) is 46.6 Å². The Bertz CT molecular complexity index is 953. The van der Waals surface area contributed by atoms with Crippen molar-refractivity contribution in [3.05, 3.63) is 58.7 Å². The highest BCUT2D eigenvalue weighted by Gasteiger charge is 2.23. The molecule has 10 nitrogen and oxygen atoms in total. The lowest BCUT2D eigenvalue weighted by molar-refractivity contribution is -0.139. The van der Waals surface area contributed by atoms with Gasteiger partial charge in [-0.25, -0.2) is 0 Å². The van der Waals surface area contributed by atoms with Crippen LogP contribution in [0.5, 0.6) is 11.5 Å². The van der Waals surface area contributed by atoms with Crippen LogP contribution in [-0.4, -0.2) is 56.0 Å². The molecular formula is C21H22N2O8. The van der Waals surface area contributed by atoms with E-state index < -0.39 is 42.0 Å². The van der Waals surface area contributed by atoms with Gasteiger partial charge in [0.15, 0.2) is 11.6 Å². The molecule has 164 valence electrons. The molecule has 2 unspecified atom stereocenters. The van der Waals surface area contributed by atoms with Crippen molar-refractivity contribution in [3.63, 3.8) is 0 Å². The molecule has 0 aliphatic carbocycles.